The molecule has 0 aliphatic rings. The lowest BCUT2D eigenvalue weighted by Crippen LogP contribution is -2.14. The zero-order chi connectivity index (χ0) is 15.2. The molecule has 0 amide bonds. The summed E-state index contributed by atoms with van der Waals surface area (Å²) >= 11 is 0. The molecule has 1 atom stereocenters. The van der Waals surface area contributed by atoms with Gasteiger partial charge in [-0.2, -0.15) is 0 Å². The first kappa shape index (κ1) is 15.4. The molecular weight excluding hydrogens is 272 g/mol. The molecule has 0 saturated carbocycles. The molecule has 0 radical (unpaired) electrons. The maximum atomic E-state index is 13.7. The third-order valence-electron chi connectivity index (χ3n) is 3.32. The minimum Gasteiger partial charge on any atom is -0.494 e. The molecule has 2 nitrogen and oxygen atoms in total. The Labute approximate surface area is 123 Å². The van der Waals surface area contributed by atoms with Gasteiger partial charge in [0.1, 0.15) is 5.75 Å². The van der Waals surface area contributed by atoms with Gasteiger partial charge in [-0.25, -0.2) is 8.78 Å². The van der Waals surface area contributed by atoms with Gasteiger partial charge < -0.3 is 10.5 Å². The summed E-state index contributed by atoms with van der Waals surface area (Å²) in [6.07, 6.45) is 2.07. The first-order chi connectivity index (χ1) is 10.1. The van der Waals surface area contributed by atoms with Gasteiger partial charge in [0, 0.05) is 5.56 Å². The molecule has 0 spiro atoms. The van der Waals surface area contributed by atoms with E-state index in [-0.39, 0.29) is 5.56 Å². The second-order valence-electron chi connectivity index (χ2n) is 4.89. The Bertz CT molecular complexity index is 584. The molecule has 0 fully saturated rings. The molecular formula is C17H19F2NO. The van der Waals surface area contributed by atoms with Gasteiger partial charge >= 0.3 is 0 Å². The minimum atomic E-state index is -0.895. The summed E-state index contributed by atoms with van der Waals surface area (Å²) in [5.74, 6) is -1.03. The Morgan fingerprint density at radius 2 is 1.81 bits per heavy atom. The third kappa shape index (κ3) is 3.79. The van der Waals surface area contributed by atoms with Crippen LogP contribution in [-0.2, 0) is 0 Å². The number of unbranched alkanes of at least 4 members (excludes halogenated alkanes) is 1. The van der Waals surface area contributed by atoms with E-state index >= 15 is 0 Å². The fourth-order valence-electron chi connectivity index (χ4n) is 2.05. The monoisotopic (exact) mass is 291 g/mol. The molecule has 0 heterocycles. The number of hydrogen-bond acceptors (Lipinski definition) is 2. The maximum Gasteiger partial charge on any atom is 0.163 e. The minimum absolute atomic E-state index is 0.148. The molecule has 2 aromatic rings. The van der Waals surface area contributed by atoms with Gasteiger partial charge in [0.25, 0.3) is 0 Å². The van der Waals surface area contributed by atoms with Gasteiger partial charge in [0.15, 0.2) is 11.6 Å². The number of rotatable bonds is 6. The SMILES string of the molecule is CCCCOc1ccc(C(N)c2cccc(F)c2F)cc1. The number of halogens is 2. The van der Waals surface area contributed by atoms with Crippen molar-refractivity contribution in [1.29, 1.82) is 0 Å². The van der Waals surface area contributed by atoms with Crippen molar-refractivity contribution < 1.29 is 13.5 Å². The Morgan fingerprint density at radius 1 is 1.10 bits per heavy atom. The molecule has 2 N–H and O–H groups in total. The lowest BCUT2D eigenvalue weighted by molar-refractivity contribution is 0.309. The Morgan fingerprint density at radius 3 is 2.48 bits per heavy atom. The maximum absolute atomic E-state index is 13.7. The highest BCUT2D eigenvalue weighted by atomic mass is 19.2. The van der Waals surface area contributed by atoms with Crippen LogP contribution in [0.1, 0.15) is 36.9 Å². The quantitative estimate of drug-likeness (QED) is 0.810. The van der Waals surface area contributed by atoms with E-state index in [1.54, 1.807) is 24.3 Å². The van der Waals surface area contributed by atoms with Gasteiger partial charge in [-0.05, 0) is 30.2 Å². The van der Waals surface area contributed by atoms with E-state index in [0.717, 1.165) is 24.7 Å². The smallest absolute Gasteiger partial charge is 0.163 e. The summed E-state index contributed by atoms with van der Waals surface area (Å²) in [5, 5.41) is 0. The highest BCUT2D eigenvalue weighted by Gasteiger charge is 2.16. The van der Waals surface area contributed by atoms with Crippen molar-refractivity contribution in [3.05, 3.63) is 65.2 Å². The summed E-state index contributed by atoms with van der Waals surface area (Å²) in [7, 11) is 0. The summed E-state index contributed by atoms with van der Waals surface area (Å²) in [6.45, 7) is 2.76. The van der Waals surface area contributed by atoms with Gasteiger partial charge in [-0.1, -0.05) is 37.6 Å². The van der Waals surface area contributed by atoms with E-state index in [1.165, 1.54) is 12.1 Å². The van der Waals surface area contributed by atoms with Crippen LogP contribution < -0.4 is 10.5 Å². The van der Waals surface area contributed by atoms with Crippen LogP contribution in [0.5, 0.6) is 5.75 Å². The largest absolute Gasteiger partial charge is 0.494 e. The standard InChI is InChI=1S/C17H19F2NO/c1-2-3-11-21-13-9-7-12(8-10-13)17(20)14-5-4-6-15(18)16(14)19/h4-10,17H,2-3,11,20H2,1H3. The summed E-state index contributed by atoms with van der Waals surface area (Å²) in [5.41, 5.74) is 6.87. The van der Waals surface area contributed by atoms with Crippen molar-refractivity contribution in [1.82, 2.24) is 0 Å². The summed E-state index contributed by atoms with van der Waals surface area (Å²) < 4.78 is 32.5. The number of benzene rings is 2. The Balaban J connectivity index is 2.12. The first-order valence-corrected chi connectivity index (χ1v) is 7.05. The summed E-state index contributed by atoms with van der Waals surface area (Å²) in [6, 6.07) is 10.5. The molecule has 0 aliphatic carbocycles. The molecule has 4 heteroatoms. The molecule has 0 bridgehead atoms. The fraction of sp³-hybridized carbons (Fsp3) is 0.294. The van der Waals surface area contributed by atoms with E-state index < -0.39 is 17.7 Å². The van der Waals surface area contributed by atoms with Crippen LogP contribution in [0.15, 0.2) is 42.5 Å². The van der Waals surface area contributed by atoms with E-state index in [1.807, 2.05) is 0 Å². The number of hydrogen-bond donors (Lipinski definition) is 1. The number of ether oxygens (including phenoxy) is 1. The van der Waals surface area contributed by atoms with Crippen molar-refractivity contribution in [2.24, 2.45) is 5.73 Å². The highest BCUT2D eigenvalue weighted by molar-refractivity contribution is 5.36. The molecule has 2 aromatic carbocycles. The molecule has 0 aromatic heterocycles. The second kappa shape index (κ2) is 7.18. The lowest BCUT2D eigenvalue weighted by atomic mass is 9.99. The molecule has 0 aliphatic heterocycles. The van der Waals surface area contributed by atoms with Crippen LogP contribution in [0.2, 0.25) is 0 Å². The van der Waals surface area contributed by atoms with Crippen molar-refractivity contribution >= 4 is 0 Å². The van der Waals surface area contributed by atoms with Crippen molar-refractivity contribution in [3.8, 4) is 5.75 Å². The molecule has 0 saturated heterocycles. The normalized spacial score (nSPS) is 12.2. The van der Waals surface area contributed by atoms with Crippen LogP contribution in [-0.4, -0.2) is 6.61 Å². The topological polar surface area (TPSA) is 35.2 Å². The van der Waals surface area contributed by atoms with E-state index in [2.05, 4.69) is 6.92 Å². The van der Waals surface area contributed by atoms with Gasteiger partial charge in [0.05, 0.1) is 12.6 Å². The van der Waals surface area contributed by atoms with E-state index in [4.69, 9.17) is 10.5 Å². The highest BCUT2D eigenvalue weighted by Crippen LogP contribution is 2.25. The van der Waals surface area contributed by atoms with Gasteiger partial charge in [-0.3, -0.25) is 0 Å². The van der Waals surface area contributed by atoms with Crippen LogP contribution >= 0.6 is 0 Å². The second-order valence-corrected chi connectivity index (χ2v) is 4.89. The summed E-state index contributed by atoms with van der Waals surface area (Å²) in [4.78, 5) is 0. The van der Waals surface area contributed by atoms with Crippen molar-refractivity contribution in [2.45, 2.75) is 25.8 Å². The number of nitrogens with two attached hydrogens (primary N) is 1. The first-order valence-electron chi connectivity index (χ1n) is 7.05. The van der Waals surface area contributed by atoms with Gasteiger partial charge in [0.2, 0.25) is 0 Å². The third-order valence-corrected chi connectivity index (χ3v) is 3.32. The van der Waals surface area contributed by atoms with Crippen LogP contribution in [0, 0.1) is 11.6 Å². The fourth-order valence-corrected chi connectivity index (χ4v) is 2.05. The molecule has 21 heavy (non-hydrogen) atoms. The van der Waals surface area contributed by atoms with Crippen molar-refractivity contribution in [3.63, 3.8) is 0 Å². The van der Waals surface area contributed by atoms with E-state index in [9.17, 15) is 8.78 Å². The van der Waals surface area contributed by atoms with Crippen LogP contribution in [0.25, 0.3) is 0 Å². The van der Waals surface area contributed by atoms with Crippen LogP contribution in [0.4, 0.5) is 8.78 Å². The molecule has 2 rings (SSSR count). The Hall–Kier alpha value is -1.94. The van der Waals surface area contributed by atoms with Crippen LogP contribution in [0.3, 0.4) is 0 Å². The predicted octanol–water partition coefficient (Wildman–Crippen LogP) is 4.19. The van der Waals surface area contributed by atoms with E-state index in [0.29, 0.717) is 12.2 Å². The lowest BCUT2D eigenvalue weighted by Gasteiger charge is -2.14. The predicted molar refractivity (Wildman–Crippen MR) is 79.2 cm³/mol. The van der Waals surface area contributed by atoms with Gasteiger partial charge in [-0.15, -0.1) is 0 Å². The zero-order valence-corrected chi connectivity index (χ0v) is 12.0. The molecule has 112 valence electrons. The average Bonchev–Trinajstić information content (AvgIpc) is 2.50. The van der Waals surface area contributed by atoms with Crippen molar-refractivity contribution in [2.75, 3.05) is 6.61 Å². The zero-order valence-electron chi connectivity index (χ0n) is 12.0. The Kier molecular flexibility index (Phi) is 5.28. The average molecular weight is 291 g/mol. The molecule has 1 unspecified atom stereocenters.